The molecule has 0 unspecified atom stereocenters. The fraction of sp³-hybridized carbons (Fsp3) is 0.562. The second-order valence-electron chi connectivity index (χ2n) is 5.52. The number of anilines is 1. The summed E-state index contributed by atoms with van der Waals surface area (Å²) in [5.74, 6) is -2.60. The molecule has 0 fully saturated rings. The van der Waals surface area contributed by atoms with Crippen molar-refractivity contribution in [2.45, 2.75) is 51.9 Å². The van der Waals surface area contributed by atoms with Gasteiger partial charge in [0.25, 0.3) is 5.82 Å². The number of esters is 1. The molecule has 0 radical (unpaired) electrons. The van der Waals surface area contributed by atoms with Crippen LogP contribution < -0.4 is 15.6 Å². The lowest BCUT2D eigenvalue weighted by Crippen LogP contribution is -2.69. The zero-order valence-corrected chi connectivity index (χ0v) is 14.4. The topological polar surface area (TPSA) is 81.6 Å². The van der Waals surface area contributed by atoms with Gasteiger partial charge in [-0.1, -0.05) is 13.3 Å². The maximum Gasteiger partial charge on any atom is 0.464 e. The quantitative estimate of drug-likeness (QED) is 0.549. The summed E-state index contributed by atoms with van der Waals surface area (Å²) >= 11 is 0. The number of halogens is 3. The first-order chi connectivity index (χ1) is 11.7. The molecule has 0 spiro atoms. The molecule has 1 atom stereocenters. The zero-order chi connectivity index (χ0) is 19.1. The number of aryl methyl sites for hydroxylation is 1. The van der Waals surface area contributed by atoms with Gasteiger partial charge in [-0.2, -0.15) is 13.2 Å². The van der Waals surface area contributed by atoms with Crippen LogP contribution in [0.3, 0.4) is 0 Å². The average molecular weight is 362 g/mol. The standard InChI is InChI=1S/C16H22F3N3O3/c1-4-6-7-13(23)22-15(16(17,18)19,14(24)25-5-2)21-12-10-11(3)8-9-20-12/h8-10H,4-7H2,1-3H3,(H,20,21)(H,22,23)/p+1/t15-/m0/s1. The number of hydrogen-bond acceptors (Lipinski definition) is 4. The molecular formula is C16H23F3N3O3+. The van der Waals surface area contributed by atoms with Crippen LogP contribution >= 0.6 is 0 Å². The van der Waals surface area contributed by atoms with E-state index >= 15 is 0 Å². The van der Waals surface area contributed by atoms with Crippen molar-refractivity contribution in [3.63, 3.8) is 0 Å². The molecule has 1 aromatic heterocycles. The first-order valence-corrected chi connectivity index (χ1v) is 7.97. The Bertz CT molecular complexity index is 608. The summed E-state index contributed by atoms with van der Waals surface area (Å²) in [7, 11) is 0. The second-order valence-corrected chi connectivity index (χ2v) is 5.52. The number of rotatable bonds is 8. The van der Waals surface area contributed by atoms with E-state index in [1.807, 2.05) is 0 Å². The normalized spacial score (nSPS) is 13.7. The maximum atomic E-state index is 13.8. The Morgan fingerprint density at radius 3 is 2.48 bits per heavy atom. The molecule has 6 nitrogen and oxygen atoms in total. The first kappa shape index (κ1) is 20.7. The Hall–Kier alpha value is -2.32. The smallest absolute Gasteiger partial charge is 0.461 e. The lowest BCUT2D eigenvalue weighted by atomic mass is 10.1. The van der Waals surface area contributed by atoms with E-state index in [2.05, 4.69) is 15.0 Å². The van der Waals surface area contributed by atoms with Crippen LogP contribution in [0.5, 0.6) is 0 Å². The number of pyridine rings is 1. The van der Waals surface area contributed by atoms with Crippen molar-refractivity contribution in [1.29, 1.82) is 0 Å². The van der Waals surface area contributed by atoms with Crippen LogP contribution in [-0.2, 0) is 14.3 Å². The highest BCUT2D eigenvalue weighted by Crippen LogP contribution is 2.32. The third-order valence-electron chi connectivity index (χ3n) is 3.37. The van der Waals surface area contributed by atoms with Crippen molar-refractivity contribution < 1.29 is 32.5 Å². The molecule has 25 heavy (non-hydrogen) atoms. The van der Waals surface area contributed by atoms with Crippen LogP contribution in [0.15, 0.2) is 18.3 Å². The van der Waals surface area contributed by atoms with Crippen molar-refractivity contribution in [2.24, 2.45) is 0 Å². The number of amides is 1. The third-order valence-corrected chi connectivity index (χ3v) is 3.37. The Kier molecular flexibility index (Phi) is 7.20. The highest BCUT2D eigenvalue weighted by molar-refractivity contribution is 5.91. The Morgan fingerprint density at radius 2 is 1.96 bits per heavy atom. The van der Waals surface area contributed by atoms with E-state index in [-0.39, 0.29) is 18.8 Å². The lowest BCUT2D eigenvalue weighted by molar-refractivity contribution is -0.363. The van der Waals surface area contributed by atoms with Crippen LogP contribution in [0.1, 0.15) is 38.7 Å². The van der Waals surface area contributed by atoms with Gasteiger partial charge in [0, 0.05) is 12.5 Å². The Balaban J connectivity index is 3.29. The lowest BCUT2D eigenvalue weighted by Gasteiger charge is -2.30. The van der Waals surface area contributed by atoms with Gasteiger partial charge in [0.1, 0.15) is 0 Å². The molecule has 0 aromatic carbocycles. The van der Waals surface area contributed by atoms with E-state index in [4.69, 9.17) is 0 Å². The second kappa shape index (κ2) is 8.68. The van der Waals surface area contributed by atoms with Gasteiger partial charge in [0.2, 0.25) is 5.91 Å². The molecule has 0 saturated heterocycles. The summed E-state index contributed by atoms with van der Waals surface area (Å²) in [6.45, 7) is 4.60. The van der Waals surface area contributed by atoms with Crippen molar-refractivity contribution in [2.75, 3.05) is 11.9 Å². The molecule has 3 N–H and O–H groups in total. The van der Waals surface area contributed by atoms with Crippen LogP contribution in [0.4, 0.5) is 19.0 Å². The van der Waals surface area contributed by atoms with Crippen molar-refractivity contribution in [1.82, 2.24) is 5.32 Å². The predicted molar refractivity (Wildman–Crippen MR) is 84.4 cm³/mol. The predicted octanol–water partition coefficient (Wildman–Crippen LogP) is 2.35. The van der Waals surface area contributed by atoms with E-state index in [1.165, 1.54) is 19.2 Å². The number of aromatic nitrogens is 1. The third kappa shape index (κ3) is 5.33. The number of carbonyl (C=O) groups is 2. The summed E-state index contributed by atoms with van der Waals surface area (Å²) in [5.41, 5.74) is -2.71. The van der Waals surface area contributed by atoms with Gasteiger partial charge < -0.3 is 4.74 Å². The summed E-state index contributed by atoms with van der Waals surface area (Å²) in [5, 5.41) is 3.87. The summed E-state index contributed by atoms with van der Waals surface area (Å²) in [6.07, 6.45) is -2.81. The molecule has 0 aliphatic carbocycles. The van der Waals surface area contributed by atoms with E-state index in [9.17, 15) is 22.8 Å². The largest absolute Gasteiger partial charge is 0.464 e. The number of hydrogen-bond donors (Lipinski definition) is 2. The van der Waals surface area contributed by atoms with E-state index in [0.717, 1.165) is 0 Å². The fourth-order valence-electron chi connectivity index (χ4n) is 2.09. The summed E-state index contributed by atoms with van der Waals surface area (Å²) in [4.78, 5) is 26.7. The van der Waals surface area contributed by atoms with Crippen LogP contribution in [0.25, 0.3) is 0 Å². The molecule has 0 saturated carbocycles. The molecule has 0 bridgehead atoms. The molecule has 0 aliphatic rings. The molecule has 1 aromatic rings. The minimum atomic E-state index is -5.13. The van der Waals surface area contributed by atoms with Crippen LogP contribution in [-0.4, -0.2) is 30.3 Å². The number of carbonyl (C=O) groups excluding carboxylic acids is 2. The van der Waals surface area contributed by atoms with Gasteiger partial charge in [-0.25, -0.2) is 15.1 Å². The number of ether oxygens (including phenoxy) is 1. The molecule has 0 aliphatic heterocycles. The number of H-pyrrole nitrogens is 1. The highest BCUT2D eigenvalue weighted by Gasteiger charge is 2.67. The monoisotopic (exact) mass is 362 g/mol. The van der Waals surface area contributed by atoms with Crippen molar-refractivity contribution in [3.8, 4) is 0 Å². The number of nitrogens with one attached hydrogen (secondary N) is 3. The van der Waals surface area contributed by atoms with E-state index in [0.29, 0.717) is 18.4 Å². The van der Waals surface area contributed by atoms with Crippen LogP contribution in [0, 0.1) is 6.92 Å². The number of aromatic amines is 1. The zero-order valence-electron chi connectivity index (χ0n) is 14.4. The molecule has 1 heterocycles. The Morgan fingerprint density at radius 1 is 1.28 bits per heavy atom. The molecular weight excluding hydrogens is 339 g/mol. The average Bonchev–Trinajstić information content (AvgIpc) is 2.51. The number of unbranched alkanes of at least 4 members (excludes halogenated alkanes) is 1. The first-order valence-electron chi connectivity index (χ1n) is 7.97. The SMILES string of the molecule is CCCCC(=O)N[C@@](Nc1cc(C)cc[nH+]1)(C(=O)OCC)C(F)(F)F. The molecule has 140 valence electrons. The highest BCUT2D eigenvalue weighted by atomic mass is 19.4. The minimum absolute atomic E-state index is 0.0823. The maximum absolute atomic E-state index is 13.8. The van der Waals surface area contributed by atoms with Crippen molar-refractivity contribution >= 4 is 17.7 Å². The number of alkyl halides is 3. The summed E-state index contributed by atoms with van der Waals surface area (Å²) in [6, 6.07) is 3.03. The molecule has 1 amide bonds. The van der Waals surface area contributed by atoms with Gasteiger partial charge in [0.05, 0.1) is 12.8 Å². The van der Waals surface area contributed by atoms with Gasteiger partial charge in [-0.05, 0) is 31.9 Å². The van der Waals surface area contributed by atoms with Gasteiger partial charge in [-0.3, -0.25) is 10.1 Å². The van der Waals surface area contributed by atoms with Gasteiger partial charge in [0.15, 0.2) is 0 Å². The van der Waals surface area contributed by atoms with E-state index in [1.54, 1.807) is 25.2 Å². The van der Waals surface area contributed by atoms with Crippen LogP contribution in [0.2, 0.25) is 0 Å². The minimum Gasteiger partial charge on any atom is -0.461 e. The van der Waals surface area contributed by atoms with E-state index < -0.39 is 23.7 Å². The van der Waals surface area contributed by atoms with Gasteiger partial charge >= 0.3 is 17.8 Å². The molecule has 9 heteroatoms. The van der Waals surface area contributed by atoms with Crippen molar-refractivity contribution in [3.05, 3.63) is 23.9 Å². The fourth-order valence-corrected chi connectivity index (χ4v) is 2.09. The summed E-state index contributed by atoms with van der Waals surface area (Å²) < 4.78 is 46.1. The van der Waals surface area contributed by atoms with Gasteiger partial charge in [-0.15, -0.1) is 0 Å². The molecule has 1 rings (SSSR count). The Labute approximate surface area is 144 Å².